The molecule has 0 fully saturated rings. The average Bonchev–Trinajstić information content (AvgIpc) is 3.31. The molecule has 0 unspecified atom stereocenters. The van der Waals surface area contributed by atoms with E-state index in [4.69, 9.17) is 4.74 Å². The van der Waals surface area contributed by atoms with Crippen LogP contribution >= 0.6 is 11.8 Å². The Morgan fingerprint density at radius 3 is 2.09 bits per heavy atom. The van der Waals surface area contributed by atoms with Crippen LogP contribution in [0.25, 0.3) is 5.69 Å². The maximum atomic E-state index is 13.1. The summed E-state index contributed by atoms with van der Waals surface area (Å²) in [7, 11) is 1.62. The fourth-order valence-corrected chi connectivity index (χ4v) is 4.08. The van der Waals surface area contributed by atoms with Crippen molar-refractivity contribution >= 4 is 17.7 Å². The lowest BCUT2D eigenvalue weighted by molar-refractivity contribution is -0.120. The number of benzene rings is 3. The van der Waals surface area contributed by atoms with Gasteiger partial charge in [0.05, 0.1) is 24.1 Å². The van der Waals surface area contributed by atoms with Crippen LogP contribution in [0.2, 0.25) is 0 Å². The first-order chi connectivity index (χ1) is 15.7. The number of tetrazole rings is 1. The van der Waals surface area contributed by atoms with Gasteiger partial charge in [0.15, 0.2) is 0 Å². The molecule has 1 atom stereocenters. The average molecular weight is 446 g/mol. The number of aromatic nitrogens is 4. The highest BCUT2D eigenvalue weighted by Crippen LogP contribution is 2.26. The van der Waals surface area contributed by atoms with Crippen LogP contribution in [-0.2, 0) is 4.79 Å². The number of methoxy groups -OCH3 is 1. The molecule has 8 heteroatoms. The van der Waals surface area contributed by atoms with Crippen molar-refractivity contribution in [2.75, 3.05) is 7.11 Å². The maximum absolute atomic E-state index is 13.1. The molecule has 0 aliphatic rings. The molecule has 162 valence electrons. The van der Waals surface area contributed by atoms with Crippen molar-refractivity contribution in [1.82, 2.24) is 25.5 Å². The maximum Gasteiger partial charge on any atom is 0.234 e. The number of nitrogens with zero attached hydrogens (tertiary/aromatic N) is 4. The van der Waals surface area contributed by atoms with E-state index < -0.39 is 5.25 Å². The van der Waals surface area contributed by atoms with Gasteiger partial charge in [-0.15, -0.1) is 5.10 Å². The number of rotatable bonds is 8. The number of hydrogen-bond acceptors (Lipinski definition) is 6. The van der Waals surface area contributed by atoms with E-state index >= 15 is 0 Å². The Hall–Kier alpha value is -3.65. The molecule has 3 aromatic carbocycles. The molecular weight excluding hydrogens is 422 g/mol. The second-order valence-corrected chi connectivity index (χ2v) is 8.40. The lowest BCUT2D eigenvalue weighted by atomic mass is 9.98. The van der Waals surface area contributed by atoms with Gasteiger partial charge in [-0.05, 0) is 52.7 Å². The standard InChI is InChI=1S/C24H23N5O2S/c1-17(32-24-26-27-28-29(24)20-13-15-21(31-2)16-14-20)23(30)25-22(18-9-5-3-6-10-18)19-11-7-4-8-12-19/h3-17,22H,1-2H3,(H,25,30)/t17-/m1/s1. The van der Waals surface area contributed by atoms with Crippen molar-refractivity contribution in [3.8, 4) is 11.4 Å². The molecule has 0 saturated carbocycles. The fourth-order valence-electron chi connectivity index (χ4n) is 3.26. The first-order valence-electron chi connectivity index (χ1n) is 10.2. The van der Waals surface area contributed by atoms with Crippen LogP contribution in [0.15, 0.2) is 90.1 Å². The number of hydrogen-bond donors (Lipinski definition) is 1. The largest absolute Gasteiger partial charge is 0.497 e. The summed E-state index contributed by atoms with van der Waals surface area (Å²) in [5.74, 6) is 0.647. The summed E-state index contributed by atoms with van der Waals surface area (Å²) in [6.07, 6.45) is 0. The van der Waals surface area contributed by atoms with Gasteiger partial charge >= 0.3 is 0 Å². The molecule has 0 bridgehead atoms. The number of thioether (sulfide) groups is 1. The second kappa shape index (κ2) is 10.1. The molecule has 0 aliphatic carbocycles. The predicted molar refractivity (Wildman–Crippen MR) is 124 cm³/mol. The Labute approximate surface area is 190 Å². The van der Waals surface area contributed by atoms with Gasteiger partial charge in [0.1, 0.15) is 5.75 Å². The zero-order valence-corrected chi connectivity index (χ0v) is 18.6. The summed E-state index contributed by atoms with van der Waals surface area (Å²) in [5.41, 5.74) is 2.83. The van der Waals surface area contributed by atoms with Crippen LogP contribution < -0.4 is 10.1 Å². The smallest absolute Gasteiger partial charge is 0.234 e. The number of carbonyl (C=O) groups excluding carboxylic acids is 1. The molecule has 32 heavy (non-hydrogen) atoms. The van der Waals surface area contributed by atoms with Gasteiger partial charge in [-0.25, -0.2) is 0 Å². The van der Waals surface area contributed by atoms with E-state index in [1.54, 1.807) is 11.8 Å². The van der Waals surface area contributed by atoms with Crippen molar-refractivity contribution in [3.05, 3.63) is 96.1 Å². The third-order valence-corrected chi connectivity index (χ3v) is 5.99. The van der Waals surface area contributed by atoms with Gasteiger partial charge in [-0.2, -0.15) is 4.68 Å². The van der Waals surface area contributed by atoms with Gasteiger partial charge in [0.25, 0.3) is 0 Å². The monoisotopic (exact) mass is 445 g/mol. The highest BCUT2D eigenvalue weighted by Gasteiger charge is 2.23. The zero-order chi connectivity index (χ0) is 22.3. The molecule has 0 aliphatic heterocycles. The van der Waals surface area contributed by atoms with Crippen LogP contribution in [0.1, 0.15) is 24.1 Å². The van der Waals surface area contributed by atoms with Gasteiger partial charge < -0.3 is 10.1 Å². The quantitative estimate of drug-likeness (QED) is 0.412. The van der Waals surface area contributed by atoms with Crippen LogP contribution in [0, 0.1) is 0 Å². The van der Waals surface area contributed by atoms with Crippen LogP contribution in [-0.4, -0.2) is 38.5 Å². The molecule has 0 spiro atoms. The summed E-state index contributed by atoms with van der Waals surface area (Å²) in [6, 6.07) is 27.0. The van der Waals surface area contributed by atoms with E-state index in [1.165, 1.54) is 11.8 Å². The minimum Gasteiger partial charge on any atom is -0.497 e. The zero-order valence-electron chi connectivity index (χ0n) is 17.8. The molecule has 0 saturated heterocycles. The minimum atomic E-state index is -0.409. The highest BCUT2D eigenvalue weighted by molar-refractivity contribution is 8.00. The number of nitrogens with one attached hydrogen (secondary N) is 1. The van der Waals surface area contributed by atoms with E-state index in [9.17, 15) is 4.79 Å². The summed E-state index contributed by atoms with van der Waals surface area (Å²) < 4.78 is 6.81. The van der Waals surface area contributed by atoms with Crippen LogP contribution in [0.3, 0.4) is 0 Å². The summed E-state index contributed by atoms with van der Waals surface area (Å²) >= 11 is 1.31. The second-order valence-electron chi connectivity index (χ2n) is 7.09. The van der Waals surface area contributed by atoms with E-state index in [0.717, 1.165) is 22.6 Å². The topological polar surface area (TPSA) is 81.9 Å². The Kier molecular flexibility index (Phi) is 6.81. The van der Waals surface area contributed by atoms with Crippen LogP contribution in [0.5, 0.6) is 5.75 Å². The lowest BCUT2D eigenvalue weighted by Gasteiger charge is -2.22. The molecule has 4 aromatic rings. The lowest BCUT2D eigenvalue weighted by Crippen LogP contribution is -2.35. The molecule has 4 rings (SSSR count). The normalized spacial score (nSPS) is 11.8. The first kappa shape index (κ1) is 21.6. The van der Waals surface area contributed by atoms with Crippen molar-refractivity contribution < 1.29 is 9.53 Å². The van der Waals surface area contributed by atoms with Gasteiger partial charge in [0, 0.05) is 0 Å². The fraction of sp³-hybridized carbons (Fsp3) is 0.167. The molecule has 1 amide bonds. The first-order valence-corrected chi connectivity index (χ1v) is 11.0. The third-order valence-electron chi connectivity index (χ3n) is 4.96. The van der Waals surface area contributed by atoms with E-state index in [0.29, 0.717) is 5.16 Å². The predicted octanol–water partition coefficient (Wildman–Crippen LogP) is 4.06. The Morgan fingerprint density at radius 1 is 0.938 bits per heavy atom. The van der Waals surface area contributed by atoms with Crippen LogP contribution in [0.4, 0.5) is 0 Å². The van der Waals surface area contributed by atoms with Crippen molar-refractivity contribution in [3.63, 3.8) is 0 Å². The summed E-state index contributed by atoms with van der Waals surface area (Å²) in [4.78, 5) is 13.1. The number of ether oxygens (including phenoxy) is 1. The van der Waals surface area contributed by atoms with E-state index in [2.05, 4.69) is 20.8 Å². The molecule has 7 nitrogen and oxygen atoms in total. The third kappa shape index (κ3) is 4.97. The Balaban J connectivity index is 1.51. The SMILES string of the molecule is COc1ccc(-n2nnnc2S[C@H](C)C(=O)NC(c2ccccc2)c2ccccc2)cc1. The molecule has 0 radical (unpaired) electrons. The van der Waals surface area contributed by atoms with E-state index in [1.807, 2.05) is 91.9 Å². The number of amides is 1. The van der Waals surface area contributed by atoms with Gasteiger partial charge in [-0.3, -0.25) is 4.79 Å². The Morgan fingerprint density at radius 2 is 1.53 bits per heavy atom. The van der Waals surface area contributed by atoms with Crippen molar-refractivity contribution in [2.45, 2.75) is 23.4 Å². The van der Waals surface area contributed by atoms with Crippen molar-refractivity contribution in [2.24, 2.45) is 0 Å². The van der Waals surface area contributed by atoms with E-state index in [-0.39, 0.29) is 11.9 Å². The highest BCUT2D eigenvalue weighted by atomic mass is 32.2. The van der Waals surface area contributed by atoms with Gasteiger partial charge in [0.2, 0.25) is 11.1 Å². The Bertz CT molecular complexity index is 1110. The summed E-state index contributed by atoms with van der Waals surface area (Å²) in [6.45, 7) is 1.85. The molecule has 1 heterocycles. The van der Waals surface area contributed by atoms with Crippen molar-refractivity contribution in [1.29, 1.82) is 0 Å². The molecule has 1 N–H and O–H groups in total. The van der Waals surface area contributed by atoms with Gasteiger partial charge in [-0.1, -0.05) is 72.4 Å². The molecule has 1 aromatic heterocycles. The minimum absolute atomic E-state index is 0.100. The molecular formula is C24H23N5O2S. The number of carbonyl (C=O) groups is 1. The summed E-state index contributed by atoms with van der Waals surface area (Å²) in [5, 5.41) is 15.3.